The molecule has 0 aliphatic heterocycles. The first-order valence-corrected chi connectivity index (χ1v) is 10.0. The number of carbonyl (C=O) groups is 1. The maximum Gasteiger partial charge on any atom is 0.419 e. The van der Waals surface area contributed by atoms with Gasteiger partial charge in [0.25, 0.3) is 5.56 Å². The quantitative estimate of drug-likeness (QED) is 0.515. The van der Waals surface area contributed by atoms with Crippen molar-refractivity contribution in [2.24, 2.45) is 0 Å². The van der Waals surface area contributed by atoms with Crippen molar-refractivity contribution in [3.05, 3.63) is 74.9 Å². The smallest absolute Gasteiger partial charge is 0.324 e. The molecule has 4 nitrogen and oxygen atoms in total. The lowest BCUT2D eigenvalue weighted by atomic mass is 9.92. The van der Waals surface area contributed by atoms with Crippen LogP contribution in [-0.4, -0.2) is 10.5 Å². The number of amides is 1. The second-order valence-corrected chi connectivity index (χ2v) is 7.94. The minimum absolute atomic E-state index is 0.0756. The highest BCUT2D eigenvalue weighted by Crippen LogP contribution is 2.34. The fourth-order valence-electron chi connectivity index (χ4n) is 3.66. The third kappa shape index (κ3) is 4.17. The highest BCUT2D eigenvalue weighted by Gasteiger charge is 2.34. The second kappa shape index (κ2) is 8.00. The molecule has 1 saturated carbocycles. The fraction of sp³-hybridized carbons (Fsp3) is 0.273. The third-order valence-corrected chi connectivity index (χ3v) is 5.81. The van der Waals surface area contributed by atoms with Gasteiger partial charge in [-0.3, -0.25) is 9.59 Å². The number of aromatic nitrogens is 1. The summed E-state index contributed by atoms with van der Waals surface area (Å²) in [7, 11) is 0. The molecule has 3 aromatic rings. The van der Waals surface area contributed by atoms with Gasteiger partial charge in [0.05, 0.1) is 22.7 Å². The number of hydrogen-bond donors (Lipinski definition) is 1. The Kier molecular flexibility index (Phi) is 5.51. The van der Waals surface area contributed by atoms with Crippen LogP contribution in [0.4, 0.5) is 23.2 Å². The van der Waals surface area contributed by atoms with Gasteiger partial charge < -0.3 is 9.88 Å². The van der Waals surface area contributed by atoms with Gasteiger partial charge in [0, 0.05) is 23.0 Å². The van der Waals surface area contributed by atoms with Crippen LogP contribution in [0.15, 0.2) is 47.4 Å². The number of carbonyl (C=O) groups excluding carboxylic acids is 1. The molecule has 0 spiro atoms. The number of fused-ring (bicyclic) bond motifs is 1. The fourth-order valence-corrected chi connectivity index (χ4v) is 3.87. The average Bonchev–Trinajstić information content (AvgIpc) is 2.63. The summed E-state index contributed by atoms with van der Waals surface area (Å²) in [5.41, 5.74) is -1.27. The summed E-state index contributed by atoms with van der Waals surface area (Å²) in [6.07, 6.45) is -0.555. The van der Waals surface area contributed by atoms with E-state index in [1.165, 1.54) is 6.07 Å². The number of hydrogen-bond acceptors (Lipinski definition) is 2. The molecule has 162 valence electrons. The van der Waals surface area contributed by atoms with E-state index in [0.717, 1.165) is 25.3 Å². The summed E-state index contributed by atoms with van der Waals surface area (Å²) in [5.74, 6) is -2.05. The molecule has 1 heterocycles. The first-order valence-electron chi connectivity index (χ1n) is 9.64. The lowest BCUT2D eigenvalue weighted by molar-refractivity contribution is -0.140. The molecular weight excluding hydrogens is 436 g/mol. The summed E-state index contributed by atoms with van der Waals surface area (Å²) < 4.78 is 53.5. The second-order valence-electron chi connectivity index (χ2n) is 7.53. The topological polar surface area (TPSA) is 51.1 Å². The molecule has 1 aromatic heterocycles. The molecule has 0 bridgehead atoms. The Bertz CT molecular complexity index is 1230. The van der Waals surface area contributed by atoms with Crippen molar-refractivity contribution < 1.29 is 22.4 Å². The summed E-state index contributed by atoms with van der Waals surface area (Å²) >= 11 is 6.23. The molecule has 0 unspecified atom stereocenters. The summed E-state index contributed by atoms with van der Waals surface area (Å²) in [6.45, 7) is 0. The van der Waals surface area contributed by atoms with Gasteiger partial charge >= 0.3 is 6.18 Å². The zero-order valence-corrected chi connectivity index (χ0v) is 16.9. The molecule has 0 radical (unpaired) electrons. The predicted octanol–water partition coefficient (Wildman–Crippen LogP) is 5.72. The molecule has 2 aromatic carbocycles. The van der Waals surface area contributed by atoms with Crippen LogP contribution in [0, 0.1) is 5.82 Å². The van der Waals surface area contributed by atoms with Gasteiger partial charge in [-0.05, 0) is 55.2 Å². The number of rotatable bonds is 4. The number of benzene rings is 2. The van der Waals surface area contributed by atoms with E-state index in [-0.39, 0.29) is 34.3 Å². The molecule has 4 rings (SSSR count). The molecule has 1 aliphatic carbocycles. The van der Waals surface area contributed by atoms with Gasteiger partial charge in [-0.1, -0.05) is 17.7 Å². The number of halogens is 5. The van der Waals surface area contributed by atoms with Crippen LogP contribution in [-0.2, 0) is 17.4 Å². The van der Waals surface area contributed by atoms with E-state index in [2.05, 4.69) is 5.32 Å². The van der Waals surface area contributed by atoms with Crippen molar-refractivity contribution in [2.75, 3.05) is 5.32 Å². The number of nitrogens with one attached hydrogen (secondary N) is 1. The lowest BCUT2D eigenvalue weighted by Crippen LogP contribution is -2.28. The third-order valence-electron chi connectivity index (χ3n) is 5.50. The molecule has 1 N–H and O–H groups in total. The molecule has 0 saturated heterocycles. The molecule has 1 aliphatic rings. The molecule has 1 amide bonds. The predicted molar refractivity (Wildman–Crippen MR) is 110 cm³/mol. The average molecular weight is 453 g/mol. The highest BCUT2D eigenvalue weighted by atomic mass is 35.5. The minimum atomic E-state index is -4.81. The Balaban J connectivity index is 1.60. The first-order chi connectivity index (χ1) is 14.6. The minimum Gasteiger partial charge on any atom is -0.324 e. The van der Waals surface area contributed by atoms with Crippen molar-refractivity contribution in [2.45, 2.75) is 37.9 Å². The zero-order chi connectivity index (χ0) is 22.3. The van der Waals surface area contributed by atoms with Gasteiger partial charge in [-0.15, -0.1) is 0 Å². The van der Waals surface area contributed by atoms with E-state index in [1.54, 1.807) is 22.9 Å². The van der Waals surface area contributed by atoms with Crippen molar-refractivity contribution in [1.29, 1.82) is 0 Å². The van der Waals surface area contributed by atoms with Crippen LogP contribution in [0.5, 0.6) is 0 Å². The van der Waals surface area contributed by atoms with Crippen LogP contribution in [0.3, 0.4) is 0 Å². The van der Waals surface area contributed by atoms with Crippen LogP contribution in [0.25, 0.3) is 10.8 Å². The van der Waals surface area contributed by atoms with Crippen molar-refractivity contribution in [3.8, 4) is 0 Å². The van der Waals surface area contributed by atoms with Crippen molar-refractivity contribution >= 4 is 34.0 Å². The van der Waals surface area contributed by atoms with E-state index in [4.69, 9.17) is 11.6 Å². The first kappa shape index (κ1) is 21.4. The molecular formula is C22H17ClF4N2O2. The van der Waals surface area contributed by atoms with Crippen LogP contribution in [0.1, 0.15) is 36.4 Å². The molecule has 0 atom stereocenters. The Morgan fingerprint density at radius 1 is 1.13 bits per heavy atom. The zero-order valence-electron chi connectivity index (χ0n) is 16.1. The lowest BCUT2D eigenvalue weighted by Gasteiger charge is -2.28. The Hall–Kier alpha value is -2.87. The van der Waals surface area contributed by atoms with Gasteiger partial charge in [0.15, 0.2) is 0 Å². The largest absolute Gasteiger partial charge is 0.419 e. The monoisotopic (exact) mass is 452 g/mol. The SMILES string of the molecule is O=C(Cc1ccc(C(F)(F)F)c(F)c1)Nc1c(Cl)ccc2c(=O)n(C3CCC3)ccc12. The van der Waals surface area contributed by atoms with Crippen LogP contribution in [0.2, 0.25) is 5.02 Å². The maximum absolute atomic E-state index is 13.8. The summed E-state index contributed by atoms with van der Waals surface area (Å²) in [5, 5.41) is 3.67. The maximum atomic E-state index is 13.8. The number of pyridine rings is 1. The molecule has 9 heteroatoms. The molecule has 31 heavy (non-hydrogen) atoms. The number of nitrogens with zero attached hydrogens (tertiary/aromatic N) is 1. The van der Waals surface area contributed by atoms with Crippen molar-refractivity contribution in [3.63, 3.8) is 0 Å². The van der Waals surface area contributed by atoms with E-state index < -0.39 is 23.5 Å². The Morgan fingerprint density at radius 2 is 1.87 bits per heavy atom. The normalized spacial score (nSPS) is 14.5. The van der Waals surface area contributed by atoms with E-state index in [0.29, 0.717) is 22.9 Å². The molecule has 1 fully saturated rings. The summed E-state index contributed by atoms with van der Waals surface area (Å²) in [4.78, 5) is 25.3. The Labute approximate surface area is 179 Å². The van der Waals surface area contributed by atoms with Gasteiger partial charge in [0.1, 0.15) is 5.82 Å². The Morgan fingerprint density at radius 3 is 2.48 bits per heavy atom. The standard InChI is InChI=1S/C22H17ClF4N2O2/c23-17-7-5-15-14(8-9-29(21(15)31)13-2-1-3-13)20(17)28-19(30)11-12-4-6-16(18(24)10-12)22(25,26)27/h4-10,13H,1-3,11H2,(H,28,30). The van der Waals surface area contributed by atoms with E-state index in [1.807, 2.05) is 0 Å². The summed E-state index contributed by atoms with van der Waals surface area (Å²) in [6, 6.07) is 7.30. The van der Waals surface area contributed by atoms with E-state index >= 15 is 0 Å². The van der Waals surface area contributed by atoms with Crippen molar-refractivity contribution in [1.82, 2.24) is 4.57 Å². The number of anilines is 1. The highest BCUT2D eigenvalue weighted by molar-refractivity contribution is 6.35. The van der Waals surface area contributed by atoms with Crippen LogP contribution >= 0.6 is 11.6 Å². The van der Waals surface area contributed by atoms with Gasteiger partial charge in [-0.25, -0.2) is 4.39 Å². The van der Waals surface area contributed by atoms with E-state index in [9.17, 15) is 27.2 Å². The van der Waals surface area contributed by atoms with Gasteiger partial charge in [0.2, 0.25) is 5.91 Å². The number of alkyl halides is 3. The van der Waals surface area contributed by atoms with Gasteiger partial charge in [-0.2, -0.15) is 13.2 Å². The van der Waals surface area contributed by atoms with Crippen LogP contribution < -0.4 is 10.9 Å².